The van der Waals surface area contributed by atoms with Crippen molar-refractivity contribution in [3.63, 3.8) is 0 Å². The van der Waals surface area contributed by atoms with E-state index in [1.165, 1.54) is 0 Å². The van der Waals surface area contributed by atoms with Crippen LogP contribution >= 0.6 is 11.6 Å². The standard InChI is InChI=1S/C27H23ClN2O4/c28-20-8-12-21(13-9-20)33-18-19-6-10-22(11-7-19)34-23-16-30(17-23)25-5-3-4-24(27(31)32)26(25)29-14-1-2-15-29/h1-15,23H,16-18H2,(H,31,32). The van der Waals surface area contributed by atoms with E-state index in [0.717, 1.165) is 22.7 Å². The first kappa shape index (κ1) is 21.9. The number of hydrogen-bond donors (Lipinski definition) is 1. The molecule has 0 saturated carbocycles. The molecule has 0 radical (unpaired) electrons. The third-order valence-corrected chi connectivity index (χ3v) is 5.99. The Hall–Kier alpha value is -3.90. The summed E-state index contributed by atoms with van der Waals surface area (Å²) in [6.07, 6.45) is 3.75. The molecule has 1 aliphatic heterocycles. The average Bonchev–Trinajstić information content (AvgIpc) is 3.36. The Morgan fingerprint density at radius 1 is 0.912 bits per heavy atom. The molecule has 7 heteroatoms. The van der Waals surface area contributed by atoms with Crippen molar-refractivity contribution in [2.45, 2.75) is 12.7 Å². The number of aromatic nitrogens is 1. The van der Waals surface area contributed by atoms with Crippen LogP contribution in [-0.4, -0.2) is 34.8 Å². The molecule has 0 unspecified atom stereocenters. The van der Waals surface area contributed by atoms with Crippen molar-refractivity contribution in [2.75, 3.05) is 18.0 Å². The highest BCUT2D eigenvalue weighted by Gasteiger charge is 2.31. The first-order chi connectivity index (χ1) is 16.6. The Morgan fingerprint density at radius 3 is 2.26 bits per heavy atom. The zero-order valence-electron chi connectivity index (χ0n) is 18.3. The maximum Gasteiger partial charge on any atom is 0.337 e. The fourth-order valence-corrected chi connectivity index (χ4v) is 4.10. The van der Waals surface area contributed by atoms with Gasteiger partial charge in [0.1, 0.15) is 24.2 Å². The number of carbonyl (C=O) groups is 1. The summed E-state index contributed by atoms with van der Waals surface area (Å²) in [6.45, 7) is 1.82. The molecule has 172 valence electrons. The molecule has 1 aromatic heterocycles. The summed E-state index contributed by atoms with van der Waals surface area (Å²) < 4.78 is 13.7. The molecule has 0 amide bonds. The van der Waals surface area contributed by atoms with Crippen molar-refractivity contribution >= 4 is 23.3 Å². The van der Waals surface area contributed by atoms with E-state index in [1.54, 1.807) is 24.3 Å². The molecule has 2 heterocycles. The van der Waals surface area contributed by atoms with Gasteiger partial charge in [0.25, 0.3) is 0 Å². The lowest BCUT2D eigenvalue weighted by molar-refractivity contribution is 0.0697. The van der Waals surface area contributed by atoms with Crippen LogP contribution in [0.5, 0.6) is 11.5 Å². The van der Waals surface area contributed by atoms with E-state index in [1.807, 2.05) is 71.6 Å². The van der Waals surface area contributed by atoms with Crippen LogP contribution in [0.15, 0.2) is 91.3 Å². The average molecular weight is 475 g/mol. The molecule has 4 aromatic rings. The Bertz CT molecular complexity index is 1270. The predicted octanol–water partition coefficient (Wildman–Crippen LogP) is 5.68. The predicted molar refractivity (Wildman–Crippen MR) is 132 cm³/mol. The quantitative estimate of drug-likeness (QED) is 0.356. The number of hydrogen-bond acceptors (Lipinski definition) is 4. The first-order valence-electron chi connectivity index (χ1n) is 11.0. The lowest BCUT2D eigenvalue weighted by Gasteiger charge is -2.41. The summed E-state index contributed by atoms with van der Waals surface area (Å²) in [5.41, 5.74) is 2.86. The maximum atomic E-state index is 11.8. The molecule has 6 nitrogen and oxygen atoms in total. The molecule has 0 spiro atoms. The minimum atomic E-state index is -0.945. The molecular weight excluding hydrogens is 452 g/mol. The first-order valence-corrected chi connectivity index (χ1v) is 11.3. The van der Waals surface area contributed by atoms with E-state index in [9.17, 15) is 9.90 Å². The van der Waals surface area contributed by atoms with Gasteiger partial charge in [-0.1, -0.05) is 29.8 Å². The maximum absolute atomic E-state index is 11.8. The number of nitrogens with zero attached hydrogens (tertiary/aromatic N) is 2. The largest absolute Gasteiger partial charge is 0.489 e. The van der Waals surface area contributed by atoms with Gasteiger partial charge in [-0.15, -0.1) is 0 Å². The summed E-state index contributed by atoms with van der Waals surface area (Å²) in [5.74, 6) is 0.620. The topological polar surface area (TPSA) is 63.9 Å². The molecule has 3 aromatic carbocycles. The van der Waals surface area contributed by atoms with E-state index in [4.69, 9.17) is 21.1 Å². The van der Waals surface area contributed by atoms with Crippen LogP contribution in [0.1, 0.15) is 15.9 Å². The van der Waals surface area contributed by atoms with Gasteiger partial charge in [0.05, 0.1) is 30.0 Å². The Labute approximate surface area is 202 Å². The minimum absolute atomic E-state index is 0.0298. The van der Waals surface area contributed by atoms with E-state index < -0.39 is 5.97 Å². The third kappa shape index (κ3) is 4.72. The van der Waals surface area contributed by atoms with Crippen molar-refractivity contribution in [3.8, 4) is 17.2 Å². The monoisotopic (exact) mass is 474 g/mol. The zero-order valence-corrected chi connectivity index (χ0v) is 19.1. The summed E-state index contributed by atoms with van der Waals surface area (Å²) in [7, 11) is 0. The van der Waals surface area contributed by atoms with Crippen molar-refractivity contribution in [1.82, 2.24) is 4.57 Å². The van der Waals surface area contributed by atoms with Crippen molar-refractivity contribution in [3.05, 3.63) is 107 Å². The lowest BCUT2D eigenvalue weighted by atomic mass is 10.1. The molecule has 1 N–H and O–H groups in total. The van der Waals surface area contributed by atoms with Crippen LogP contribution in [0.25, 0.3) is 5.69 Å². The van der Waals surface area contributed by atoms with Crippen LogP contribution in [0.4, 0.5) is 5.69 Å². The van der Waals surface area contributed by atoms with Gasteiger partial charge in [-0.3, -0.25) is 0 Å². The van der Waals surface area contributed by atoms with Crippen molar-refractivity contribution in [1.29, 1.82) is 0 Å². The summed E-state index contributed by atoms with van der Waals surface area (Å²) in [4.78, 5) is 13.9. The van der Waals surface area contributed by atoms with Gasteiger partial charge >= 0.3 is 5.97 Å². The van der Waals surface area contributed by atoms with E-state index in [2.05, 4.69) is 4.90 Å². The van der Waals surface area contributed by atoms with Crippen LogP contribution < -0.4 is 14.4 Å². The molecule has 1 saturated heterocycles. The second kappa shape index (κ2) is 9.53. The molecule has 1 aliphatic rings. The highest BCUT2D eigenvalue weighted by atomic mass is 35.5. The number of para-hydroxylation sites is 1. The molecule has 0 atom stereocenters. The summed E-state index contributed by atoms with van der Waals surface area (Å²) >= 11 is 5.90. The number of anilines is 1. The number of carboxylic acid groups (broad SMARTS) is 1. The number of aromatic carboxylic acids is 1. The van der Waals surface area contributed by atoms with Gasteiger partial charge in [-0.05, 0) is 66.2 Å². The molecule has 34 heavy (non-hydrogen) atoms. The van der Waals surface area contributed by atoms with E-state index >= 15 is 0 Å². The molecular formula is C27H23ClN2O4. The fourth-order valence-electron chi connectivity index (χ4n) is 3.98. The highest BCUT2D eigenvalue weighted by molar-refractivity contribution is 6.30. The minimum Gasteiger partial charge on any atom is -0.489 e. The normalized spacial score (nSPS) is 13.4. The second-order valence-corrected chi connectivity index (χ2v) is 8.54. The SMILES string of the molecule is O=C(O)c1cccc(N2CC(Oc3ccc(COc4ccc(Cl)cc4)cc3)C2)c1-n1cccc1. The number of rotatable bonds is 8. The van der Waals surface area contributed by atoms with Gasteiger partial charge in [0.2, 0.25) is 0 Å². The fraction of sp³-hybridized carbons (Fsp3) is 0.148. The Kier molecular flexibility index (Phi) is 6.14. The summed E-state index contributed by atoms with van der Waals surface area (Å²) in [5, 5.41) is 10.4. The smallest absolute Gasteiger partial charge is 0.337 e. The van der Waals surface area contributed by atoms with Crippen molar-refractivity contribution in [2.24, 2.45) is 0 Å². The Balaban J connectivity index is 1.20. The van der Waals surface area contributed by atoms with Gasteiger partial charge in [0, 0.05) is 17.4 Å². The van der Waals surface area contributed by atoms with Crippen LogP contribution in [0.2, 0.25) is 5.02 Å². The third-order valence-electron chi connectivity index (χ3n) is 5.74. The number of carboxylic acids is 1. The van der Waals surface area contributed by atoms with Crippen molar-refractivity contribution < 1.29 is 19.4 Å². The second-order valence-electron chi connectivity index (χ2n) is 8.10. The molecule has 1 fully saturated rings. The summed E-state index contributed by atoms with van der Waals surface area (Å²) in [6, 6.07) is 24.3. The van der Waals surface area contributed by atoms with E-state index in [0.29, 0.717) is 30.4 Å². The van der Waals surface area contributed by atoms with Crippen LogP contribution in [-0.2, 0) is 6.61 Å². The van der Waals surface area contributed by atoms with Gasteiger partial charge in [0.15, 0.2) is 0 Å². The molecule has 0 aliphatic carbocycles. The van der Waals surface area contributed by atoms with Gasteiger partial charge in [-0.2, -0.15) is 0 Å². The zero-order chi connectivity index (χ0) is 23.5. The van der Waals surface area contributed by atoms with E-state index in [-0.39, 0.29) is 11.7 Å². The van der Waals surface area contributed by atoms with Gasteiger partial charge < -0.3 is 24.0 Å². The highest BCUT2D eigenvalue weighted by Crippen LogP contribution is 2.32. The Morgan fingerprint density at radius 2 is 1.59 bits per heavy atom. The number of ether oxygens (including phenoxy) is 2. The lowest BCUT2D eigenvalue weighted by Crippen LogP contribution is -2.54. The van der Waals surface area contributed by atoms with Crippen LogP contribution in [0.3, 0.4) is 0 Å². The number of benzene rings is 3. The van der Waals surface area contributed by atoms with Crippen LogP contribution in [0, 0.1) is 0 Å². The molecule has 0 bridgehead atoms. The molecule has 5 rings (SSSR count). The number of halogens is 1. The van der Waals surface area contributed by atoms with Gasteiger partial charge in [-0.25, -0.2) is 4.79 Å².